The Balaban J connectivity index is 1.41. The summed E-state index contributed by atoms with van der Waals surface area (Å²) in [5.74, 6) is -0.267. The summed E-state index contributed by atoms with van der Waals surface area (Å²) in [5, 5.41) is 6.31. The van der Waals surface area contributed by atoms with Crippen LogP contribution in [0.15, 0.2) is 29.8 Å². The fraction of sp³-hybridized carbons (Fsp3) is 0.400. The first-order valence-corrected chi connectivity index (χ1v) is 10.6. The quantitative estimate of drug-likeness (QED) is 0.686. The Morgan fingerprint density at radius 1 is 1.28 bits per heavy atom. The van der Waals surface area contributed by atoms with E-state index in [9.17, 15) is 9.59 Å². The summed E-state index contributed by atoms with van der Waals surface area (Å²) in [6.07, 6.45) is 2.64. The third-order valence-electron chi connectivity index (χ3n) is 5.10. The van der Waals surface area contributed by atoms with Crippen LogP contribution < -0.4 is 5.32 Å². The summed E-state index contributed by atoms with van der Waals surface area (Å²) in [6.45, 7) is 5.19. The van der Waals surface area contributed by atoms with Crippen molar-refractivity contribution in [2.75, 3.05) is 33.2 Å². The van der Waals surface area contributed by atoms with Crippen molar-refractivity contribution in [3.8, 4) is 0 Å². The van der Waals surface area contributed by atoms with Gasteiger partial charge in [-0.1, -0.05) is 0 Å². The van der Waals surface area contributed by atoms with Gasteiger partial charge in [0.25, 0.3) is 11.8 Å². The minimum absolute atomic E-state index is 0.0389. The SMILES string of the molecule is C[C@H](NC(=O)c1cc2cccnc2[nH]1)c1nc(C(=O)N2CCCN(C)CC2)cs1. The highest BCUT2D eigenvalue weighted by atomic mass is 32.1. The van der Waals surface area contributed by atoms with Crippen molar-refractivity contribution in [3.05, 3.63) is 46.2 Å². The highest BCUT2D eigenvalue weighted by Crippen LogP contribution is 2.20. The minimum atomic E-state index is -0.302. The molecule has 3 aromatic rings. The van der Waals surface area contributed by atoms with Gasteiger partial charge < -0.3 is 20.1 Å². The lowest BCUT2D eigenvalue weighted by Gasteiger charge is -2.19. The predicted molar refractivity (Wildman–Crippen MR) is 112 cm³/mol. The molecule has 8 nitrogen and oxygen atoms in total. The Labute approximate surface area is 172 Å². The number of amides is 2. The molecule has 29 heavy (non-hydrogen) atoms. The largest absolute Gasteiger partial charge is 0.342 e. The molecule has 152 valence electrons. The van der Waals surface area contributed by atoms with Crippen molar-refractivity contribution in [1.82, 2.24) is 30.1 Å². The number of hydrogen-bond donors (Lipinski definition) is 2. The molecule has 1 aliphatic heterocycles. The van der Waals surface area contributed by atoms with Crippen molar-refractivity contribution in [2.24, 2.45) is 0 Å². The van der Waals surface area contributed by atoms with Gasteiger partial charge in [-0.05, 0) is 45.1 Å². The number of aromatic amines is 1. The predicted octanol–water partition coefficient (Wildman–Crippen LogP) is 2.29. The number of nitrogens with zero attached hydrogens (tertiary/aromatic N) is 4. The second kappa shape index (κ2) is 8.30. The highest BCUT2D eigenvalue weighted by molar-refractivity contribution is 7.09. The van der Waals surface area contributed by atoms with Crippen molar-refractivity contribution in [1.29, 1.82) is 0 Å². The number of likely N-dealkylation sites (N-methyl/N-ethyl adjacent to an activating group) is 1. The molecule has 0 aliphatic carbocycles. The van der Waals surface area contributed by atoms with E-state index < -0.39 is 0 Å². The summed E-state index contributed by atoms with van der Waals surface area (Å²) >= 11 is 1.39. The molecule has 1 aliphatic rings. The first-order valence-electron chi connectivity index (χ1n) is 9.69. The van der Waals surface area contributed by atoms with Gasteiger partial charge in [-0.15, -0.1) is 11.3 Å². The highest BCUT2D eigenvalue weighted by Gasteiger charge is 2.23. The van der Waals surface area contributed by atoms with Gasteiger partial charge >= 0.3 is 0 Å². The second-order valence-corrected chi connectivity index (χ2v) is 8.23. The number of H-pyrrole nitrogens is 1. The third-order valence-corrected chi connectivity index (χ3v) is 6.13. The average Bonchev–Trinajstić information content (AvgIpc) is 3.32. The van der Waals surface area contributed by atoms with Crippen molar-refractivity contribution in [2.45, 2.75) is 19.4 Å². The van der Waals surface area contributed by atoms with Crippen LogP contribution >= 0.6 is 11.3 Å². The number of carbonyl (C=O) groups is 2. The Morgan fingerprint density at radius 2 is 2.14 bits per heavy atom. The third kappa shape index (κ3) is 4.30. The summed E-state index contributed by atoms with van der Waals surface area (Å²) in [4.78, 5) is 41.2. The molecular weight excluding hydrogens is 388 g/mol. The molecule has 1 fully saturated rings. The van der Waals surface area contributed by atoms with Crippen LogP contribution in [-0.2, 0) is 0 Å². The molecule has 4 rings (SSSR count). The summed E-state index contributed by atoms with van der Waals surface area (Å²) < 4.78 is 0. The molecule has 2 amide bonds. The molecule has 0 spiro atoms. The van der Waals surface area contributed by atoms with E-state index in [1.807, 2.05) is 24.0 Å². The summed E-state index contributed by atoms with van der Waals surface area (Å²) in [7, 11) is 2.07. The van der Waals surface area contributed by atoms with Crippen molar-refractivity contribution < 1.29 is 9.59 Å². The first kappa shape index (κ1) is 19.5. The normalized spacial score (nSPS) is 16.6. The standard InChI is InChI=1S/C20H24N6O2S/c1-13(22-18(27)15-11-14-5-3-6-21-17(14)23-15)19-24-16(12-29-19)20(28)26-8-4-7-25(2)9-10-26/h3,5-6,11-13H,4,7-10H2,1-2H3,(H,21,23)(H,22,27)/t13-/m0/s1. The van der Waals surface area contributed by atoms with Crippen LogP contribution in [0.5, 0.6) is 0 Å². The van der Waals surface area contributed by atoms with Crippen LogP contribution in [0.25, 0.3) is 11.0 Å². The molecule has 0 unspecified atom stereocenters. The number of pyridine rings is 1. The number of thiazole rings is 1. The molecule has 2 N–H and O–H groups in total. The molecule has 4 heterocycles. The minimum Gasteiger partial charge on any atom is -0.342 e. The van der Waals surface area contributed by atoms with Crippen LogP contribution in [0, 0.1) is 0 Å². The van der Waals surface area contributed by atoms with Crippen LogP contribution in [0.4, 0.5) is 0 Å². The number of rotatable bonds is 4. The zero-order chi connectivity index (χ0) is 20.4. The van der Waals surface area contributed by atoms with Crippen molar-refractivity contribution >= 4 is 34.2 Å². The zero-order valence-corrected chi connectivity index (χ0v) is 17.3. The lowest BCUT2D eigenvalue weighted by Crippen LogP contribution is -2.34. The van der Waals surface area contributed by atoms with Gasteiger partial charge in [0.15, 0.2) is 0 Å². The number of carbonyl (C=O) groups excluding carboxylic acids is 2. The Morgan fingerprint density at radius 3 is 2.97 bits per heavy atom. The van der Waals surface area contributed by atoms with Crippen LogP contribution in [0.3, 0.4) is 0 Å². The maximum Gasteiger partial charge on any atom is 0.273 e. The molecule has 9 heteroatoms. The van der Waals surface area contributed by atoms with E-state index in [0.717, 1.165) is 31.4 Å². The van der Waals surface area contributed by atoms with Gasteiger partial charge in [0.1, 0.15) is 22.0 Å². The first-order chi connectivity index (χ1) is 14.0. The average molecular weight is 413 g/mol. The van der Waals surface area contributed by atoms with E-state index in [0.29, 0.717) is 28.6 Å². The Hall–Kier alpha value is -2.78. The van der Waals surface area contributed by atoms with Gasteiger partial charge in [0.2, 0.25) is 0 Å². The molecule has 1 saturated heterocycles. The summed E-state index contributed by atoms with van der Waals surface area (Å²) in [6, 6.07) is 5.20. The van der Waals surface area contributed by atoms with Gasteiger partial charge in [-0.3, -0.25) is 9.59 Å². The smallest absolute Gasteiger partial charge is 0.273 e. The van der Waals surface area contributed by atoms with Gasteiger partial charge in [-0.25, -0.2) is 9.97 Å². The monoisotopic (exact) mass is 412 g/mol. The number of fused-ring (bicyclic) bond motifs is 1. The zero-order valence-electron chi connectivity index (χ0n) is 16.5. The molecule has 0 saturated carbocycles. The van der Waals surface area contributed by atoms with E-state index in [1.165, 1.54) is 11.3 Å². The molecule has 0 aromatic carbocycles. The number of hydrogen-bond acceptors (Lipinski definition) is 6. The van der Waals surface area contributed by atoms with Gasteiger partial charge in [0.05, 0.1) is 6.04 Å². The van der Waals surface area contributed by atoms with E-state index in [4.69, 9.17) is 0 Å². The molecular formula is C20H24N6O2S. The van der Waals surface area contributed by atoms with Gasteiger partial charge in [0, 0.05) is 36.6 Å². The molecule has 1 atom stereocenters. The van der Waals surface area contributed by atoms with E-state index >= 15 is 0 Å². The fourth-order valence-electron chi connectivity index (χ4n) is 3.41. The maximum absolute atomic E-state index is 12.8. The van der Waals surface area contributed by atoms with E-state index in [2.05, 4.69) is 32.2 Å². The van der Waals surface area contributed by atoms with E-state index in [1.54, 1.807) is 17.6 Å². The lowest BCUT2D eigenvalue weighted by atomic mass is 10.3. The second-order valence-electron chi connectivity index (χ2n) is 7.34. The molecule has 3 aromatic heterocycles. The molecule has 0 radical (unpaired) electrons. The van der Waals surface area contributed by atoms with Crippen LogP contribution in [0.1, 0.15) is 45.4 Å². The van der Waals surface area contributed by atoms with Crippen LogP contribution in [-0.4, -0.2) is 69.8 Å². The summed E-state index contributed by atoms with van der Waals surface area (Å²) in [5.41, 5.74) is 1.58. The number of nitrogens with one attached hydrogen (secondary N) is 2. The van der Waals surface area contributed by atoms with Crippen LogP contribution in [0.2, 0.25) is 0 Å². The Bertz CT molecular complexity index is 996. The lowest BCUT2D eigenvalue weighted by molar-refractivity contribution is 0.0757. The molecule has 0 bridgehead atoms. The van der Waals surface area contributed by atoms with Crippen molar-refractivity contribution in [3.63, 3.8) is 0 Å². The Kier molecular flexibility index (Phi) is 5.59. The maximum atomic E-state index is 12.8. The van der Waals surface area contributed by atoms with E-state index in [-0.39, 0.29) is 17.9 Å². The topological polar surface area (TPSA) is 94.2 Å². The van der Waals surface area contributed by atoms with Gasteiger partial charge in [-0.2, -0.15) is 0 Å². The number of aromatic nitrogens is 3. The fourth-order valence-corrected chi connectivity index (χ4v) is 4.21.